The highest BCUT2D eigenvalue weighted by Gasteiger charge is 2.34. The summed E-state index contributed by atoms with van der Waals surface area (Å²) >= 11 is 0. The van der Waals surface area contributed by atoms with Gasteiger partial charge in [0.2, 0.25) is 0 Å². The Morgan fingerprint density at radius 2 is 1.66 bits per heavy atom. The lowest BCUT2D eigenvalue weighted by atomic mass is 9.91. The fourth-order valence-electron chi connectivity index (χ4n) is 4.22. The van der Waals surface area contributed by atoms with E-state index in [1.165, 1.54) is 10.2 Å². The quantitative estimate of drug-likeness (QED) is 0.467. The molecule has 1 aromatic heterocycles. The van der Waals surface area contributed by atoms with Gasteiger partial charge in [0.25, 0.3) is 0 Å². The maximum Gasteiger partial charge on any atom is 0.198 e. The number of hydrogen-bond acceptors (Lipinski definition) is 6. The highest BCUT2D eigenvalue weighted by Crippen LogP contribution is 2.37. The molecule has 0 bridgehead atoms. The number of sulfone groups is 1. The summed E-state index contributed by atoms with van der Waals surface area (Å²) in [6.07, 6.45) is 0.894. The van der Waals surface area contributed by atoms with Crippen molar-refractivity contribution in [3.05, 3.63) is 101 Å². The third-order valence-electron chi connectivity index (χ3n) is 5.85. The normalized spacial score (nSPS) is 16.0. The largest absolute Gasteiger partial charge is 0.357 e. The van der Waals surface area contributed by atoms with E-state index in [1.807, 2.05) is 37.3 Å². The molecule has 5 rings (SSSR count). The van der Waals surface area contributed by atoms with Crippen LogP contribution in [0.1, 0.15) is 28.6 Å². The minimum atomic E-state index is -3.62. The third kappa shape index (κ3) is 3.78. The van der Waals surface area contributed by atoms with Gasteiger partial charge in [0.05, 0.1) is 4.90 Å². The summed E-state index contributed by atoms with van der Waals surface area (Å²) in [6, 6.07) is 24.8. The zero-order valence-electron chi connectivity index (χ0n) is 17.7. The molecule has 0 N–H and O–H groups in total. The Labute approximate surface area is 187 Å². The Morgan fingerprint density at radius 1 is 0.938 bits per heavy atom. The molecule has 0 aliphatic carbocycles. The fraction of sp³-hybridized carbons (Fsp3) is 0.208. The minimum absolute atomic E-state index is 0.258. The molecule has 0 spiro atoms. The fourth-order valence-corrected chi connectivity index (χ4v) is 5.43. The third-order valence-corrected chi connectivity index (χ3v) is 7.42. The Morgan fingerprint density at radius 3 is 2.44 bits per heavy atom. The number of aryl methyl sites for hydroxylation is 1. The Hall–Kier alpha value is -3.52. The second-order valence-electron chi connectivity index (χ2n) is 7.97. The van der Waals surface area contributed by atoms with Crippen molar-refractivity contribution < 1.29 is 8.42 Å². The van der Waals surface area contributed by atoms with Crippen molar-refractivity contribution in [2.24, 2.45) is 0 Å². The highest BCUT2D eigenvalue weighted by atomic mass is 32.2. The standard InChI is InChI=1S/C24H23N5O2S/c1-18-11-13-21(14-12-18)32(30,31)17-29-24(25-26-27-29)23-22-10-6-5-7-19(22)15-16-28(23)20-8-3-2-4-9-20/h2-14,23H,15-17H2,1H3/t23-/m1/s1. The Balaban J connectivity index is 1.57. The van der Waals surface area contributed by atoms with E-state index < -0.39 is 9.84 Å². The first kappa shape index (κ1) is 20.4. The van der Waals surface area contributed by atoms with Crippen LogP contribution < -0.4 is 4.90 Å². The van der Waals surface area contributed by atoms with Gasteiger partial charge in [0, 0.05) is 12.2 Å². The van der Waals surface area contributed by atoms with E-state index >= 15 is 0 Å². The first-order chi connectivity index (χ1) is 15.5. The van der Waals surface area contributed by atoms with Crippen molar-refractivity contribution >= 4 is 15.5 Å². The molecule has 8 heteroatoms. The molecule has 0 saturated heterocycles. The van der Waals surface area contributed by atoms with Gasteiger partial charge in [-0.2, -0.15) is 0 Å². The van der Waals surface area contributed by atoms with Crippen LogP contribution in [0.15, 0.2) is 83.8 Å². The van der Waals surface area contributed by atoms with Crippen LogP contribution in [0, 0.1) is 6.92 Å². The minimum Gasteiger partial charge on any atom is -0.357 e. The predicted octanol–water partition coefficient (Wildman–Crippen LogP) is 3.57. The van der Waals surface area contributed by atoms with Gasteiger partial charge in [-0.15, -0.1) is 5.10 Å². The molecule has 7 nitrogen and oxygen atoms in total. The van der Waals surface area contributed by atoms with Gasteiger partial charge in [0.1, 0.15) is 6.04 Å². The number of nitrogens with zero attached hydrogens (tertiary/aromatic N) is 5. The SMILES string of the molecule is Cc1ccc(S(=O)(=O)Cn2nnnc2[C@H]2c3ccccc3CCN2c2ccccc2)cc1. The van der Waals surface area contributed by atoms with Crippen molar-refractivity contribution in [3.63, 3.8) is 0 Å². The maximum atomic E-state index is 13.1. The molecular weight excluding hydrogens is 422 g/mol. The van der Waals surface area contributed by atoms with E-state index in [-0.39, 0.29) is 16.8 Å². The number of fused-ring (bicyclic) bond motifs is 1. The van der Waals surface area contributed by atoms with Crippen LogP contribution in [-0.2, 0) is 22.1 Å². The molecule has 32 heavy (non-hydrogen) atoms. The van der Waals surface area contributed by atoms with Crippen LogP contribution in [0.25, 0.3) is 0 Å². The van der Waals surface area contributed by atoms with Crippen molar-refractivity contribution in [2.45, 2.75) is 30.2 Å². The van der Waals surface area contributed by atoms with E-state index in [0.717, 1.165) is 29.8 Å². The van der Waals surface area contributed by atoms with Gasteiger partial charge >= 0.3 is 0 Å². The lowest BCUT2D eigenvalue weighted by molar-refractivity contribution is 0.544. The van der Waals surface area contributed by atoms with Gasteiger partial charge in [-0.3, -0.25) is 0 Å². The summed E-state index contributed by atoms with van der Waals surface area (Å²) in [5.41, 5.74) is 4.36. The van der Waals surface area contributed by atoms with Crippen LogP contribution in [0.3, 0.4) is 0 Å². The molecule has 1 aliphatic heterocycles. The molecule has 0 unspecified atom stereocenters. The molecule has 162 valence electrons. The zero-order valence-corrected chi connectivity index (χ0v) is 18.5. The maximum absolute atomic E-state index is 13.1. The number of tetrazole rings is 1. The Kier molecular flexibility index (Phi) is 5.22. The zero-order chi connectivity index (χ0) is 22.1. The van der Waals surface area contributed by atoms with E-state index in [0.29, 0.717) is 5.82 Å². The molecule has 4 aromatic rings. The Bertz CT molecular complexity index is 1330. The molecule has 0 radical (unpaired) electrons. The second kappa shape index (κ2) is 8.20. The van der Waals surface area contributed by atoms with Crippen molar-refractivity contribution in [3.8, 4) is 0 Å². The molecule has 0 saturated carbocycles. The summed E-state index contributed by atoms with van der Waals surface area (Å²) in [7, 11) is -3.62. The topological polar surface area (TPSA) is 81.0 Å². The predicted molar refractivity (Wildman–Crippen MR) is 122 cm³/mol. The van der Waals surface area contributed by atoms with E-state index in [4.69, 9.17) is 0 Å². The van der Waals surface area contributed by atoms with Gasteiger partial charge in [-0.1, -0.05) is 60.2 Å². The first-order valence-electron chi connectivity index (χ1n) is 10.5. The van der Waals surface area contributed by atoms with Gasteiger partial charge in [0.15, 0.2) is 21.5 Å². The lowest BCUT2D eigenvalue weighted by Crippen LogP contribution is -2.38. The van der Waals surface area contributed by atoms with Crippen molar-refractivity contribution in [1.29, 1.82) is 0 Å². The summed E-state index contributed by atoms with van der Waals surface area (Å²) in [4.78, 5) is 2.50. The summed E-state index contributed by atoms with van der Waals surface area (Å²) in [6.45, 7) is 2.71. The lowest BCUT2D eigenvalue weighted by Gasteiger charge is -2.38. The average molecular weight is 446 g/mol. The monoisotopic (exact) mass is 445 g/mol. The van der Waals surface area contributed by atoms with E-state index in [9.17, 15) is 8.42 Å². The number of anilines is 1. The molecule has 3 aromatic carbocycles. The smallest absolute Gasteiger partial charge is 0.198 e. The van der Waals surface area contributed by atoms with Crippen molar-refractivity contribution in [2.75, 3.05) is 11.4 Å². The molecule has 2 heterocycles. The summed E-state index contributed by atoms with van der Waals surface area (Å²) in [5, 5.41) is 12.2. The van der Waals surface area contributed by atoms with E-state index in [1.54, 1.807) is 24.3 Å². The summed E-state index contributed by atoms with van der Waals surface area (Å²) < 4.78 is 27.6. The molecule has 0 fully saturated rings. The average Bonchev–Trinajstić information content (AvgIpc) is 3.26. The molecule has 1 aliphatic rings. The van der Waals surface area contributed by atoms with E-state index in [2.05, 4.69) is 44.7 Å². The van der Waals surface area contributed by atoms with Crippen molar-refractivity contribution in [1.82, 2.24) is 20.2 Å². The highest BCUT2D eigenvalue weighted by molar-refractivity contribution is 7.90. The van der Waals surface area contributed by atoms with Gasteiger partial charge in [-0.05, 0) is 59.2 Å². The van der Waals surface area contributed by atoms with Crippen LogP contribution in [0.4, 0.5) is 5.69 Å². The molecule has 0 amide bonds. The molecular formula is C24H23N5O2S. The van der Waals surface area contributed by atoms with Gasteiger partial charge in [-0.25, -0.2) is 13.1 Å². The summed E-state index contributed by atoms with van der Waals surface area (Å²) in [5.74, 6) is 0.191. The van der Waals surface area contributed by atoms with Crippen LogP contribution in [-0.4, -0.2) is 35.2 Å². The number of aromatic nitrogens is 4. The number of para-hydroxylation sites is 1. The number of rotatable bonds is 5. The van der Waals surface area contributed by atoms with Crippen LogP contribution in [0.2, 0.25) is 0 Å². The van der Waals surface area contributed by atoms with Crippen LogP contribution in [0.5, 0.6) is 0 Å². The molecule has 1 atom stereocenters. The van der Waals surface area contributed by atoms with Gasteiger partial charge < -0.3 is 4.90 Å². The first-order valence-corrected chi connectivity index (χ1v) is 12.1. The second-order valence-corrected chi connectivity index (χ2v) is 9.93. The number of benzene rings is 3. The van der Waals surface area contributed by atoms with Crippen LogP contribution >= 0.6 is 0 Å². The number of hydrogen-bond donors (Lipinski definition) is 0.